The minimum absolute atomic E-state index is 0.144. The third-order valence-corrected chi connectivity index (χ3v) is 4.88. The minimum Gasteiger partial charge on any atom is -0.495 e. The molecule has 1 fully saturated rings. The van der Waals surface area contributed by atoms with E-state index in [0.29, 0.717) is 54.8 Å². The first-order chi connectivity index (χ1) is 13.5. The van der Waals surface area contributed by atoms with Gasteiger partial charge in [-0.3, -0.25) is 0 Å². The SMILES string of the molecule is COc1cc(Br)ccc1Nc1ncnc(OC2CCN(C(=O)O)CC2)c1OC. The number of halogens is 1. The average Bonchev–Trinajstić information content (AvgIpc) is 2.70. The summed E-state index contributed by atoms with van der Waals surface area (Å²) >= 11 is 3.41. The summed E-state index contributed by atoms with van der Waals surface area (Å²) < 4.78 is 17.7. The number of amides is 1. The second kappa shape index (κ2) is 8.96. The topological polar surface area (TPSA) is 106 Å². The molecule has 10 heteroatoms. The molecular weight excluding hydrogens is 432 g/mol. The number of hydrogen-bond acceptors (Lipinski definition) is 7. The van der Waals surface area contributed by atoms with Gasteiger partial charge in [0.15, 0.2) is 5.82 Å². The van der Waals surface area contributed by atoms with Crippen molar-refractivity contribution in [2.75, 3.05) is 32.6 Å². The van der Waals surface area contributed by atoms with E-state index in [1.54, 1.807) is 7.11 Å². The van der Waals surface area contributed by atoms with Crippen molar-refractivity contribution < 1.29 is 24.1 Å². The van der Waals surface area contributed by atoms with Gasteiger partial charge in [0.1, 0.15) is 18.2 Å². The third kappa shape index (κ3) is 4.56. The van der Waals surface area contributed by atoms with Crippen molar-refractivity contribution in [2.24, 2.45) is 0 Å². The van der Waals surface area contributed by atoms with Crippen LogP contribution in [0.15, 0.2) is 29.0 Å². The quantitative estimate of drug-likeness (QED) is 0.685. The van der Waals surface area contributed by atoms with E-state index in [9.17, 15) is 4.79 Å². The highest BCUT2D eigenvalue weighted by Gasteiger charge is 2.25. The zero-order chi connectivity index (χ0) is 20.1. The van der Waals surface area contributed by atoms with E-state index in [0.717, 1.165) is 4.47 Å². The average molecular weight is 453 g/mol. The van der Waals surface area contributed by atoms with Gasteiger partial charge in [-0.25, -0.2) is 9.78 Å². The van der Waals surface area contributed by atoms with Crippen LogP contribution in [-0.2, 0) is 0 Å². The highest BCUT2D eigenvalue weighted by atomic mass is 79.9. The lowest BCUT2D eigenvalue weighted by Crippen LogP contribution is -2.41. The molecule has 0 radical (unpaired) electrons. The van der Waals surface area contributed by atoms with E-state index in [1.807, 2.05) is 18.2 Å². The van der Waals surface area contributed by atoms with Gasteiger partial charge in [-0.15, -0.1) is 0 Å². The summed E-state index contributed by atoms with van der Waals surface area (Å²) in [7, 11) is 3.10. The largest absolute Gasteiger partial charge is 0.495 e. The van der Waals surface area contributed by atoms with Crippen LogP contribution < -0.4 is 19.5 Å². The first kappa shape index (κ1) is 20.0. The molecule has 1 aromatic carbocycles. The normalized spacial score (nSPS) is 14.5. The van der Waals surface area contributed by atoms with Gasteiger partial charge in [-0.1, -0.05) is 15.9 Å². The van der Waals surface area contributed by atoms with Gasteiger partial charge in [0, 0.05) is 30.4 Å². The van der Waals surface area contributed by atoms with Gasteiger partial charge in [0.25, 0.3) is 5.88 Å². The lowest BCUT2D eigenvalue weighted by Gasteiger charge is -2.30. The zero-order valence-electron chi connectivity index (χ0n) is 15.5. The van der Waals surface area contributed by atoms with E-state index in [4.69, 9.17) is 19.3 Å². The Hall–Kier alpha value is -2.75. The predicted octanol–water partition coefficient (Wildman–Crippen LogP) is 3.52. The van der Waals surface area contributed by atoms with Crippen molar-refractivity contribution in [1.29, 1.82) is 0 Å². The molecule has 2 heterocycles. The monoisotopic (exact) mass is 452 g/mol. The van der Waals surface area contributed by atoms with Crippen molar-refractivity contribution in [3.8, 4) is 17.4 Å². The van der Waals surface area contributed by atoms with Gasteiger partial charge >= 0.3 is 6.09 Å². The van der Waals surface area contributed by atoms with E-state index >= 15 is 0 Å². The van der Waals surface area contributed by atoms with Gasteiger partial charge in [0.05, 0.1) is 19.9 Å². The lowest BCUT2D eigenvalue weighted by molar-refractivity contribution is 0.0852. The number of carbonyl (C=O) groups is 1. The van der Waals surface area contributed by atoms with Crippen molar-refractivity contribution >= 4 is 33.5 Å². The fourth-order valence-electron chi connectivity index (χ4n) is 2.93. The number of likely N-dealkylation sites (tertiary alicyclic amines) is 1. The summed E-state index contributed by atoms with van der Waals surface area (Å²) in [6, 6.07) is 5.57. The Balaban J connectivity index is 1.77. The number of anilines is 2. The van der Waals surface area contributed by atoms with E-state index in [1.165, 1.54) is 18.3 Å². The molecule has 0 aliphatic carbocycles. The fraction of sp³-hybridized carbons (Fsp3) is 0.389. The molecule has 2 aromatic rings. The van der Waals surface area contributed by atoms with Crippen LogP contribution >= 0.6 is 15.9 Å². The van der Waals surface area contributed by atoms with Crippen LogP contribution in [0.2, 0.25) is 0 Å². The highest BCUT2D eigenvalue weighted by molar-refractivity contribution is 9.10. The highest BCUT2D eigenvalue weighted by Crippen LogP contribution is 2.37. The molecule has 1 aromatic heterocycles. The van der Waals surface area contributed by atoms with E-state index in [2.05, 4.69) is 31.2 Å². The maximum Gasteiger partial charge on any atom is 0.407 e. The summed E-state index contributed by atoms with van der Waals surface area (Å²) in [5, 5.41) is 12.2. The molecule has 0 unspecified atom stereocenters. The molecule has 1 aliphatic rings. The summed E-state index contributed by atoms with van der Waals surface area (Å²) in [4.78, 5) is 20.9. The van der Waals surface area contributed by atoms with Crippen LogP contribution in [0.4, 0.5) is 16.3 Å². The smallest absolute Gasteiger partial charge is 0.407 e. The van der Waals surface area contributed by atoms with Crippen molar-refractivity contribution in [3.05, 3.63) is 29.0 Å². The van der Waals surface area contributed by atoms with Crippen LogP contribution in [0.25, 0.3) is 0 Å². The van der Waals surface area contributed by atoms with Crippen molar-refractivity contribution in [1.82, 2.24) is 14.9 Å². The van der Waals surface area contributed by atoms with Gasteiger partial charge < -0.3 is 29.5 Å². The van der Waals surface area contributed by atoms with Crippen LogP contribution in [0, 0.1) is 0 Å². The van der Waals surface area contributed by atoms with Gasteiger partial charge in [0.2, 0.25) is 5.75 Å². The Kier molecular flexibility index (Phi) is 6.40. The first-order valence-electron chi connectivity index (χ1n) is 8.66. The standard InChI is InChI=1S/C18H21BrN4O5/c1-26-14-9-11(19)3-4-13(14)22-16-15(27-2)17(21-10-20-16)28-12-5-7-23(8-6-12)18(24)25/h3-4,9-10,12H,5-8H2,1-2H3,(H,24,25)(H,20,21,22). The lowest BCUT2D eigenvalue weighted by atomic mass is 10.1. The number of hydrogen-bond donors (Lipinski definition) is 2. The number of aromatic nitrogens is 2. The molecule has 1 aliphatic heterocycles. The first-order valence-corrected chi connectivity index (χ1v) is 9.45. The second-order valence-corrected chi connectivity index (χ2v) is 7.03. The Bertz CT molecular complexity index is 843. The molecule has 1 amide bonds. The zero-order valence-corrected chi connectivity index (χ0v) is 17.1. The Labute approximate surface area is 170 Å². The minimum atomic E-state index is -0.909. The molecule has 0 atom stereocenters. The van der Waals surface area contributed by atoms with Gasteiger partial charge in [-0.05, 0) is 18.2 Å². The number of methoxy groups -OCH3 is 2. The molecule has 3 rings (SSSR count). The van der Waals surface area contributed by atoms with E-state index < -0.39 is 6.09 Å². The van der Waals surface area contributed by atoms with Gasteiger partial charge in [-0.2, -0.15) is 4.98 Å². The molecule has 150 valence electrons. The van der Waals surface area contributed by atoms with Crippen molar-refractivity contribution in [3.63, 3.8) is 0 Å². The van der Waals surface area contributed by atoms with Crippen LogP contribution in [0.5, 0.6) is 17.4 Å². The van der Waals surface area contributed by atoms with Crippen LogP contribution in [0.3, 0.4) is 0 Å². The van der Waals surface area contributed by atoms with Crippen LogP contribution in [-0.4, -0.2) is 59.5 Å². The maximum absolute atomic E-state index is 11.0. The summed E-state index contributed by atoms with van der Waals surface area (Å²) in [5.41, 5.74) is 0.711. The number of nitrogens with zero attached hydrogens (tertiary/aromatic N) is 3. The number of carboxylic acid groups (broad SMARTS) is 1. The Morgan fingerprint density at radius 3 is 2.64 bits per heavy atom. The van der Waals surface area contributed by atoms with Crippen LogP contribution in [0.1, 0.15) is 12.8 Å². The maximum atomic E-state index is 11.0. The molecule has 1 saturated heterocycles. The molecule has 2 N–H and O–H groups in total. The third-order valence-electron chi connectivity index (χ3n) is 4.38. The number of piperidine rings is 1. The molecule has 0 spiro atoms. The summed E-state index contributed by atoms with van der Waals surface area (Å²) in [5.74, 6) is 1.76. The second-order valence-electron chi connectivity index (χ2n) is 6.12. The fourth-order valence-corrected chi connectivity index (χ4v) is 3.27. The Morgan fingerprint density at radius 1 is 1.25 bits per heavy atom. The number of ether oxygens (including phenoxy) is 3. The van der Waals surface area contributed by atoms with E-state index in [-0.39, 0.29) is 6.10 Å². The molecule has 0 bridgehead atoms. The summed E-state index contributed by atoms with van der Waals surface area (Å²) in [6.45, 7) is 0.850. The van der Waals surface area contributed by atoms with Crippen molar-refractivity contribution in [2.45, 2.75) is 18.9 Å². The summed E-state index contributed by atoms with van der Waals surface area (Å²) in [6.07, 6.45) is 1.51. The Morgan fingerprint density at radius 2 is 2.00 bits per heavy atom. The number of nitrogens with one attached hydrogen (secondary N) is 1. The predicted molar refractivity (Wildman–Crippen MR) is 106 cm³/mol. The molecule has 9 nitrogen and oxygen atoms in total. The molecular formula is C18H21BrN4O5. The molecule has 28 heavy (non-hydrogen) atoms. The molecule has 0 saturated carbocycles. The number of benzene rings is 1. The number of rotatable bonds is 6.